The Morgan fingerprint density at radius 3 is 0.433 bits per heavy atom. The molecule has 0 aliphatic rings. The second kappa shape index (κ2) is 499. The van der Waals surface area contributed by atoms with E-state index in [1.54, 1.807) is 14.0 Å². The zero-order chi connectivity index (χ0) is 11.0. The fourth-order valence-electron chi connectivity index (χ4n) is 1.36. The summed E-state index contributed by atoms with van der Waals surface area (Å²) in [6.45, 7) is 3.54. The van der Waals surface area contributed by atoms with Crippen LogP contribution >= 0.6 is 0 Å². The first kappa shape index (κ1) is 626. The van der Waals surface area contributed by atoms with Crippen molar-refractivity contribution < 1.29 is 1560 Å². The van der Waals surface area contributed by atoms with E-state index in [4.69, 9.17) is 4.42 Å². The molecule has 90 heavy (non-hydrogen) atoms. The first-order valence-corrected chi connectivity index (χ1v) is 4.53. The first-order chi connectivity index (χ1) is 7.11. The number of fused-ring (bicyclic) bond motifs is 1. The van der Waals surface area contributed by atoms with Crippen LogP contribution < -0.4 is 11.8 Å². The van der Waals surface area contributed by atoms with E-state index in [9.17, 15) is 4.79 Å². The zero-order valence-electron chi connectivity index (χ0n) is 39.7. The third kappa shape index (κ3) is 406. The Hall–Kier alpha value is 49.1. The van der Waals surface area contributed by atoms with Gasteiger partial charge in [-0.2, -0.15) is 11.1 Å². The van der Waals surface area contributed by atoms with Gasteiger partial charge in [-0.05, 0) is 0 Å². The molecule has 0 radical (unpaired) electrons. The summed E-state index contributed by atoms with van der Waals surface area (Å²) in [5.74, 6) is 0. The van der Waals surface area contributed by atoms with Crippen molar-refractivity contribution in [3.05, 3.63) is 45.1 Å². The molecule has 2 rings (SSSR count). The number of hydrogen-bond acceptors (Lipinski definition) is 3. The van der Waals surface area contributed by atoms with E-state index in [2.05, 4.69) is 23.5 Å². The maximum absolute atomic E-state index is 11.3. The molecule has 1 aromatic carbocycles. The van der Waals surface area contributed by atoms with Crippen molar-refractivity contribution in [3.63, 3.8) is 0 Å². The summed E-state index contributed by atoms with van der Waals surface area (Å²) in [5.41, 5.74) is 1.94. The third-order valence-electron chi connectivity index (χ3n) is 2.16. The van der Waals surface area contributed by atoms with Gasteiger partial charge < -0.3 is 38.2 Å². The molecule has 0 saturated carbocycles. The molecular weight excluding hydrogens is 13800 g/mol. The fraction of sp³-hybridized carbons (Fsp3) is 0.250. The molecule has 0 amide bonds. The van der Waals surface area contributed by atoms with Gasteiger partial charge in [0.25, 0.3) is 0 Å². The maximum atomic E-state index is 11.3. The second-order valence-corrected chi connectivity index (χ2v) is 3.29. The van der Waals surface area contributed by atoms with Gasteiger partial charge in [-0.1, -0.05) is 6.92 Å². The average molecular weight is 13800 g/mol. The van der Waals surface area contributed by atoms with E-state index in [-0.39, 0.29) is 1560 Å². The van der Waals surface area contributed by atoms with Gasteiger partial charge in [-0.25, -0.2) is 0 Å². The molecule has 0 bridgehead atoms. The first-order valence-electron chi connectivity index (χ1n) is 4.53. The van der Waals surface area contributed by atoms with Gasteiger partial charge in [-0.3, -0.25) is 17.3 Å². The van der Waals surface area contributed by atoms with Crippen LogP contribution in [-0.2, 0) is 1560 Å². The number of benzene rings is 1. The van der Waals surface area contributed by atoms with E-state index in [0.717, 1.165) is 5.56 Å². The average Bonchev–Trinajstić information content (AvgIpc) is 2.20. The summed E-state index contributed by atoms with van der Waals surface area (Å²) in [7, 11) is 1.66. The number of hydrogen-bond donors (Lipinski definition) is 1. The van der Waals surface area contributed by atoms with Crippen LogP contribution in [0.5, 0.6) is 0 Å². The van der Waals surface area contributed by atoms with Crippen molar-refractivity contribution in [2.45, 2.75) is 13.8 Å². The predicted octanol–water partition coefficient (Wildman–Crippen LogP) is 2.42. The van der Waals surface area contributed by atoms with Crippen LogP contribution in [0.1, 0.15) is 11.1 Å². The molecule has 530 valence electrons. The quantitative estimate of drug-likeness (QED) is 0.353. The van der Waals surface area contributed by atoms with Gasteiger partial charge in [0, 0.05) is 1560 Å². The minimum atomic E-state index is -0.391. The van der Waals surface area contributed by atoms with E-state index in [0.29, 0.717) is 22.2 Å². The summed E-state index contributed by atoms with van der Waals surface area (Å²) in [5, 5.41) is 4.65. The predicted molar refractivity (Wildman–Crippen MR) is 62.4 cm³/mol. The fourth-order valence-corrected chi connectivity index (χ4v) is 1.36. The van der Waals surface area contributed by atoms with Crippen LogP contribution in [-0.4, -0.2) is 7.05 Å². The van der Waals surface area contributed by atoms with Crippen LogP contribution in [0.15, 0.2) is 9.21 Å². The molecule has 0 fully saturated rings. The van der Waals surface area contributed by atoms with Gasteiger partial charge in [0.2, 0.25) is 0 Å². The molecule has 0 saturated heterocycles. The number of nitrogens with zero attached hydrogens (tertiary/aromatic N) is 1. The van der Waals surface area contributed by atoms with E-state index < -0.39 is 5.63 Å². The number of aryl methyl sites for hydroxylation is 2. The minimum absolute atomic E-state index is 0. The van der Waals surface area contributed by atoms with Gasteiger partial charge in [-0.15, -0.1) is 14.0 Å². The van der Waals surface area contributed by atoms with Gasteiger partial charge in [0.05, 0.1) is 0 Å². The Bertz CT molecular complexity index is 634. The van der Waals surface area contributed by atoms with Crippen molar-refractivity contribution in [2.24, 2.45) is 0 Å². The summed E-state index contributed by atoms with van der Waals surface area (Å²) in [6, 6.07) is 8.90. The van der Waals surface area contributed by atoms with Crippen molar-refractivity contribution >= 4 is 16.7 Å². The molecule has 4 nitrogen and oxygen atoms in total. The molecule has 1 aromatic heterocycles. The van der Waals surface area contributed by atoms with Crippen molar-refractivity contribution in [1.82, 2.24) is 6.15 Å². The molecule has 0 aliphatic heterocycles. The van der Waals surface area contributed by atoms with Crippen molar-refractivity contribution in [2.75, 3.05) is 7.05 Å². The largest absolute Gasteiger partial charge is 0.710 e. The normalized spacial score (nSPS) is 1.77. The Balaban J connectivity index is -0.000000000474. The van der Waals surface area contributed by atoms with Crippen LogP contribution in [0.25, 0.3) is 16.3 Å². The zero-order valence-corrected chi connectivity index (χ0v) is 257. The van der Waals surface area contributed by atoms with Crippen molar-refractivity contribution in [3.8, 4) is 0 Å². The van der Waals surface area contributed by atoms with E-state index in [1.807, 2.05) is 6.92 Å². The van der Waals surface area contributed by atoms with Gasteiger partial charge >= 0.3 is 0 Å². The maximum Gasteiger partial charge on any atom is 0.155 e. The molecule has 78 heteroatoms. The van der Waals surface area contributed by atoms with Crippen LogP contribution in [0.2, 0.25) is 0 Å². The van der Waals surface area contributed by atoms with Gasteiger partial charge in [0.1, 0.15) is 0 Å². The number of rotatable bonds is 1. The monoisotopic (exact) mass is 13800 g/mol. The molecule has 3 N–H and O–H groups in total. The van der Waals surface area contributed by atoms with Gasteiger partial charge in [0.15, 0.2) is 5.63 Å². The summed E-state index contributed by atoms with van der Waals surface area (Å²) in [4.78, 5) is 11.3. The van der Waals surface area contributed by atoms with Crippen LogP contribution in [0, 0.1) is 32.0 Å². The molecule has 2 aromatic rings. The Morgan fingerprint density at radius 1 is 0.211 bits per heavy atom. The Labute approximate surface area is 1600 Å². The van der Waals surface area contributed by atoms with Crippen LogP contribution in [0.4, 0.5) is 5.69 Å². The molecule has 0 aliphatic carbocycles. The summed E-state index contributed by atoms with van der Waals surface area (Å²) in [6.07, 6.45) is 0. The smallest absolute Gasteiger partial charge is 0.155 e. The second-order valence-electron chi connectivity index (χ2n) is 3.29. The third-order valence-corrected chi connectivity index (χ3v) is 2.16. The van der Waals surface area contributed by atoms with Crippen molar-refractivity contribution in [1.29, 1.82) is 0 Å². The molecular formula is C12H12N2O2W74-4. The minimum Gasteiger partial charge on any atom is -0.710 e. The molecule has 0 spiro atoms. The van der Waals surface area contributed by atoms with E-state index >= 15 is 0 Å². The summed E-state index contributed by atoms with van der Waals surface area (Å²) >= 11 is 0. The molecule has 0 atom stereocenters. The standard InChI is InChI=1S/C12H10NO2.H3N.74W/c1-7-4-9-5-8(2)12(14)15-11(9)6-10(7)13-3;;;;;;;;;;;;;;;;;;;;;;;;;;;;;;;;;;;;;;;;;;;;;;;;;;;;;;;;;;;;;;;;;;;;;;;;;;;/h1-3H3,(H,13,14);1H3;;;;;;;;;;;;;;;;;;;;;;;;;;;;;;;;;;;;;;;;;;;;;;;;;;;;;;;;;;;;;;;;;;;;;;;;;;/q-3;;;;;;;;;;;;;;;;;;;;;;;;;;;;;;;;;;;;;;;;;;;;;;;;;;;;;;;;;;;;;;;;;;;;;;;;;;;/p-1. The SMILES string of the molecule is C[N-]c1[c-]c2oc(=O)c(C)[c-]c2[c-]c1C.N.[W].[W].[W].[W].[W].[W].[W].[W].[W].[W].[W].[W].[W].[W].[W].[W].[W].[W].[W].[W].[W].[W].[W].[W].[W].[W].[W].[W].[W].[W].[W].[W].[W].[W].[W].[W].[W].[W].[W].[W].[W].[W].[W].[W].[W].[W].[W].[W].[W].[W].[W].[W].[W].[W].[W].[W].[W].[W].[W].[W].[W].[W].[W].[W].[W].[W].[W].[W].[W].[W].[W].[W].[W].[W]. The van der Waals surface area contributed by atoms with E-state index in [1.165, 1.54) is 0 Å². The summed E-state index contributed by atoms with van der Waals surface area (Å²) < 4.78 is 5.06. The molecule has 0 unspecified atom stereocenters. The Kier molecular flexibility index (Phi) is 3470. The Morgan fingerprint density at radius 2 is 0.322 bits per heavy atom. The topological polar surface area (TPSA) is 79.3 Å². The molecule has 1 heterocycles. The van der Waals surface area contributed by atoms with Crippen LogP contribution in [0.3, 0.4) is 0 Å².